The summed E-state index contributed by atoms with van der Waals surface area (Å²) in [6, 6.07) is 5.13. The summed E-state index contributed by atoms with van der Waals surface area (Å²) in [5.74, 6) is -0.993. The SMILES string of the molecule is CC1(C(=O)N2CCCc3c(C(=O)O)cccc32)CCCO1. The maximum atomic E-state index is 12.8. The van der Waals surface area contributed by atoms with Crippen LogP contribution in [-0.4, -0.2) is 35.7 Å². The van der Waals surface area contributed by atoms with Gasteiger partial charge in [0.05, 0.1) is 5.56 Å². The van der Waals surface area contributed by atoms with Crippen molar-refractivity contribution in [2.24, 2.45) is 0 Å². The van der Waals surface area contributed by atoms with Crippen LogP contribution in [0.4, 0.5) is 5.69 Å². The Hall–Kier alpha value is -1.88. The average Bonchev–Trinajstić information content (AvgIpc) is 2.93. The highest BCUT2D eigenvalue weighted by Gasteiger charge is 2.42. The number of anilines is 1. The molecule has 5 heteroatoms. The molecule has 2 heterocycles. The number of benzene rings is 1. The van der Waals surface area contributed by atoms with E-state index in [2.05, 4.69) is 0 Å². The predicted octanol–water partition coefficient (Wildman–Crippen LogP) is 2.23. The number of carbonyl (C=O) groups excluding carboxylic acids is 1. The molecule has 0 aromatic heterocycles. The minimum Gasteiger partial charge on any atom is -0.478 e. The molecule has 1 N–H and O–H groups in total. The maximum Gasteiger partial charge on any atom is 0.336 e. The lowest BCUT2D eigenvalue weighted by Gasteiger charge is -2.35. The van der Waals surface area contributed by atoms with Crippen molar-refractivity contribution < 1.29 is 19.4 Å². The Kier molecular flexibility index (Phi) is 3.45. The number of carbonyl (C=O) groups is 2. The number of ether oxygens (including phenoxy) is 1. The van der Waals surface area contributed by atoms with Gasteiger partial charge in [0.15, 0.2) is 0 Å². The van der Waals surface area contributed by atoms with Crippen molar-refractivity contribution in [3.05, 3.63) is 29.3 Å². The number of amides is 1. The van der Waals surface area contributed by atoms with Gasteiger partial charge in [0.2, 0.25) is 0 Å². The molecule has 0 saturated carbocycles. The van der Waals surface area contributed by atoms with Gasteiger partial charge in [0, 0.05) is 18.8 Å². The van der Waals surface area contributed by atoms with Crippen LogP contribution in [0.15, 0.2) is 18.2 Å². The van der Waals surface area contributed by atoms with E-state index in [-0.39, 0.29) is 5.91 Å². The van der Waals surface area contributed by atoms with E-state index in [0.717, 1.165) is 30.5 Å². The Labute approximate surface area is 123 Å². The number of hydrogen-bond donors (Lipinski definition) is 1. The second-order valence-electron chi connectivity index (χ2n) is 5.85. The Morgan fingerprint density at radius 3 is 2.81 bits per heavy atom. The molecule has 1 fully saturated rings. The smallest absolute Gasteiger partial charge is 0.336 e. The molecule has 1 aromatic carbocycles. The van der Waals surface area contributed by atoms with E-state index < -0.39 is 11.6 Å². The van der Waals surface area contributed by atoms with E-state index in [9.17, 15) is 14.7 Å². The fraction of sp³-hybridized carbons (Fsp3) is 0.500. The van der Waals surface area contributed by atoms with E-state index in [1.807, 2.05) is 13.0 Å². The summed E-state index contributed by atoms with van der Waals surface area (Å²) in [6.45, 7) is 3.06. The fourth-order valence-corrected chi connectivity index (χ4v) is 3.27. The standard InChI is InChI=1S/C16H19NO4/c1-16(8-4-10-21-16)15(20)17-9-3-6-11-12(14(18)19)5-2-7-13(11)17/h2,5,7H,3-4,6,8-10H2,1H3,(H,18,19). The first-order chi connectivity index (χ1) is 10.0. The lowest BCUT2D eigenvalue weighted by molar-refractivity contribution is -0.136. The third kappa shape index (κ3) is 2.31. The molecule has 2 aliphatic rings. The lowest BCUT2D eigenvalue weighted by Crippen LogP contribution is -2.49. The van der Waals surface area contributed by atoms with Gasteiger partial charge < -0.3 is 14.7 Å². The fourth-order valence-electron chi connectivity index (χ4n) is 3.27. The van der Waals surface area contributed by atoms with Crippen LogP contribution in [0.1, 0.15) is 42.1 Å². The molecule has 3 rings (SSSR count). The summed E-state index contributed by atoms with van der Waals surface area (Å²) in [4.78, 5) is 25.9. The van der Waals surface area contributed by atoms with Gasteiger partial charge in [-0.3, -0.25) is 4.79 Å². The van der Waals surface area contributed by atoms with Gasteiger partial charge in [-0.25, -0.2) is 4.79 Å². The predicted molar refractivity (Wildman–Crippen MR) is 77.7 cm³/mol. The van der Waals surface area contributed by atoms with E-state index in [0.29, 0.717) is 25.1 Å². The van der Waals surface area contributed by atoms with Crippen molar-refractivity contribution in [3.8, 4) is 0 Å². The number of rotatable bonds is 2. The molecule has 21 heavy (non-hydrogen) atoms. The van der Waals surface area contributed by atoms with Crippen molar-refractivity contribution in [1.82, 2.24) is 0 Å². The molecular weight excluding hydrogens is 270 g/mol. The van der Waals surface area contributed by atoms with Crippen LogP contribution in [0, 0.1) is 0 Å². The Bertz CT molecular complexity index is 590. The van der Waals surface area contributed by atoms with E-state index in [1.54, 1.807) is 17.0 Å². The Balaban J connectivity index is 1.99. The van der Waals surface area contributed by atoms with Gasteiger partial charge in [0.1, 0.15) is 5.60 Å². The van der Waals surface area contributed by atoms with Crippen molar-refractivity contribution in [2.45, 2.75) is 38.2 Å². The molecule has 0 aliphatic carbocycles. The summed E-state index contributed by atoms with van der Waals surface area (Å²) in [7, 11) is 0. The van der Waals surface area contributed by atoms with Crippen LogP contribution >= 0.6 is 0 Å². The van der Waals surface area contributed by atoms with Gasteiger partial charge in [-0.05, 0) is 50.3 Å². The quantitative estimate of drug-likeness (QED) is 0.906. The lowest BCUT2D eigenvalue weighted by atomic mass is 9.93. The number of hydrogen-bond acceptors (Lipinski definition) is 3. The summed E-state index contributed by atoms with van der Waals surface area (Å²) < 4.78 is 5.64. The van der Waals surface area contributed by atoms with Crippen LogP contribution in [0.5, 0.6) is 0 Å². The second-order valence-corrected chi connectivity index (χ2v) is 5.85. The largest absolute Gasteiger partial charge is 0.478 e. The van der Waals surface area contributed by atoms with Crippen LogP contribution in [-0.2, 0) is 16.0 Å². The number of fused-ring (bicyclic) bond motifs is 1. The van der Waals surface area contributed by atoms with Crippen molar-refractivity contribution in [2.75, 3.05) is 18.1 Å². The van der Waals surface area contributed by atoms with Crippen molar-refractivity contribution in [3.63, 3.8) is 0 Å². The van der Waals surface area contributed by atoms with Gasteiger partial charge >= 0.3 is 5.97 Å². The molecule has 112 valence electrons. The minimum atomic E-state index is -0.940. The number of aromatic carboxylic acids is 1. The van der Waals surface area contributed by atoms with Crippen molar-refractivity contribution >= 4 is 17.6 Å². The summed E-state index contributed by atoms with van der Waals surface area (Å²) in [5, 5.41) is 9.30. The van der Waals surface area contributed by atoms with Gasteiger partial charge in [-0.15, -0.1) is 0 Å². The van der Waals surface area contributed by atoms with E-state index in [4.69, 9.17) is 4.74 Å². The van der Waals surface area contributed by atoms with Gasteiger partial charge in [0.25, 0.3) is 5.91 Å². The summed E-state index contributed by atoms with van der Waals surface area (Å²) >= 11 is 0. The zero-order valence-corrected chi connectivity index (χ0v) is 12.1. The third-order valence-electron chi connectivity index (χ3n) is 4.40. The van der Waals surface area contributed by atoms with Crippen LogP contribution < -0.4 is 4.90 Å². The van der Waals surface area contributed by atoms with Crippen LogP contribution in [0.2, 0.25) is 0 Å². The molecule has 2 aliphatic heterocycles. The first kappa shape index (κ1) is 14.1. The second kappa shape index (κ2) is 5.15. The van der Waals surface area contributed by atoms with Gasteiger partial charge in [-0.2, -0.15) is 0 Å². The summed E-state index contributed by atoms with van der Waals surface area (Å²) in [5.41, 5.74) is 1.00. The minimum absolute atomic E-state index is 0.0523. The molecule has 0 radical (unpaired) electrons. The molecule has 0 bridgehead atoms. The van der Waals surface area contributed by atoms with E-state index >= 15 is 0 Å². The number of nitrogens with zero attached hydrogens (tertiary/aromatic N) is 1. The monoisotopic (exact) mass is 289 g/mol. The molecule has 5 nitrogen and oxygen atoms in total. The van der Waals surface area contributed by atoms with Crippen LogP contribution in [0.3, 0.4) is 0 Å². The van der Waals surface area contributed by atoms with Gasteiger partial charge in [-0.1, -0.05) is 6.07 Å². The molecular formula is C16H19NO4. The summed E-state index contributed by atoms with van der Waals surface area (Å²) in [6.07, 6.45) is 3.08. The normalized spacial score (nSPS) is 24.7. The molecule has 1 unspecified atom stereocenters. The molecule has 1 amide bonds. The number of carboxylic acid groups (broad SMARTS) is 1. The highest BCUT2D eigenvalue weighted by molar-refractivity contribution is 6.02. The highest BCUT2D eigenvalue weighted by atomic mass is 16.5. The van der Waals surface area contributed by atoms with Crippen molar-refractivity contribution in [1.29, 1.82) is 0 Å². The number of carboxylic acids is 1. The Morgan fingerprint density at radius 1 is 1.33 bits per heavy atom. The molecule has 1 atom stereocenters. The highest BCUT2D eigenvalue weighted by Crippen LogP contribution is 2.35. The first-order valence-corrected chi connectivity index (χ1v) is 7.34. The first-order valence-electron chi connectivity index (χ1n) is 7.34. The Morgan fingerprint density at radius 2 is 2.14 bits per heavy atom. The maximum absolute atomic E-state index is 12.8. The zero-order valence-electron chi connectivity index (χ0n) is 12.1. The van der Waals surface area contributed by atoms with Crippen LogP contribution in [0.25, 0.3) is 0 Å². The topological polar surface area (TPSA) is 66.8 Å². The molecule has 0 spiro atoms. The van der Waals surface area contributed by atoms with E-state index in [1.165, 1.54) is 0 Å². The molecule has 1 aromatic rings. The molecule has 1 saturated heterocycles. The zero-order chi connectivity index (χ0) is 15.0. The third-order valence-corrected chi connectivity index (χ3v) is 4.40. The average molecular weight is 289 g/mol.